The van der Waals surface area contributed by atoms with Gasteiger partial charge in [-0.3, -0.25) is 4.99 Å². The standard InChI is InChI=1S/C10H16N2OS2/c1-3-12-10(9(2)7-11)15-8-14-6-4-5-13/h13H,2-6,8H2,1H3. The van der Waals surface area contributed by atoms with Gasteiger partial charge in [0.2, 0.25) is 0 Å². The highest BCUT2D eigenvalue weighted by molar-refractivity contribution is 8.24. The van der Waals surface area contributed by atoms with E-state index in [0.717, 1.165) is 22.3 Å². The summed E-state index contributed by atoms with van der Waals surface area (Å²) in [5.74, 6) is 0.932. The largest absolute Gasteiger partial charge is 0.396 e. The molecule has 0 amide bonds. The summed E-state index contributed by atoms with van der Waals surface area (Å²) in [7, 11) is 0. The first kappa shape index (κ1) is 14.6. The van der Waals surface area contributed by atoms with Crippen molar-refractivity contribution in [3.8, 4) is 6.07 Å². The van der Waals surface area contributed by atoms with E-state index in [9.17, 15) is 0 Å². The van der Waals surface area contributed by atoms with Crippen LogP contribution in [0.4, 0.5) is 0 Å². The van der Waals surface area contributed by atoms with Crippen LogP contribution < -0.4 is 0 Å². The molecule has 5 heteroatoms. The van der Waals surface area contributed by atoms with Gasteiger partial charge in [0.1, 0.15) is 11.1 Å². The first-order valence-corrected chi connectivity index (χ1v) is 6.85. The summed E-state index contributed by atoms with van der Waals surface area (Å²) < 4.78 is 0. The van der Waals surface area contributed by atoms with E-state index in [-0.39, 0.29) is 6.61 Å². The van der Waals surface area contributed by atoms with Crippen LogP contribution in [0.5, 0.6) is 0 Å². The number of thioether (sulfide) groups is 2. The Morgan fingerprint density at radius 3 is 2.87 bits per heavy atom. The Labute approximate surface area is 99.7 Å². The molecule has 84 valence electrons. The molecule has 0 aliphatic carbocycles. The van der Waals surface area contributed by atoms with E-state index >= 15 is 0 Å². The molecule has 0 radical (unpaired) electrons. The summed E-state index contributed by atoms with van der Waals surface area (Å²) in [6.45, 7) is 6.49. The van der Waals surface area contributed by atoms with Gasteiger partial charge in [0.05, 0.1) is 5.57 Å². The van der Waals surface area contributed by atoms with Crippen molar-refractivity contribution in [2.24, 2.45) is 4.99 Å². The molecule has 3 nitrogen and oxygen atoms in total. The van der Waals surface area contributed by atoms with Gasteiger partial charge < -0.3 is 5.11 Å². The van der Waals surface area contributed by atoms with Crippen molar-refractivity contribution in [2.45, 2.75) is 13.3 Å². The minimum absolute atomic E-state index is 0.235. The van der Waals surface area contributed by atoms with E-state index in [4.69, 9.17) is 10.4 Å². The van der Waals surface area contributed by atoms with Crippen LogP contribution in [0.25, 0.3) is 0 Å². The third-order valence-corrected chi connectivity index (χ3v) is 3.78. The van der Waals surface area contributed by atoms with Crippen LogP contribution in [-0.2, 0) is 0 Å². The molecule has 0 bridgehead atoms. The number of hydrogen-bond acceptors (Lipinski definition) is 5. The first-order chi connectivity index (χ1) is 7.26. The van der Waals surface area contributed by atoms with Gasteiger partial charge in [-0.2, -0.15) is 17.0 Å². The lowest BCUT2D eigenvalue weighted by Gasteiger charge is -2.03. The first-order valence-electron chi connectivity index (χ1n) is 4.71. The Morgan fingerprint density at radius 2 is 2.33 bits per heavy atom. The number of hydrogen-bond donors (Lipinski definition) is 1. The van der Waals surface area contributed by atoms with Crippen molar-refractivity contribution in [2.75, 3.05) is 24.0 Å². The summed E-state index contributed by atoms with van der Waals surface area (Å²) >= 11 is 3.27. The molecule has 1 N–H and O–H groups in total. The Bertz CT molecular complexity index is 259. The van der Waals surface area contributed by atoms with Crippen molar-refractivity contribution < 1.29 is 5.11 Å². The second kappa shape index (κ2) is 10.1. The lowest BCUT2D eigenvalue weighted by molar-refractivity contribution is 0.296. The SMILES string of the molecule is C=C(C#N)C(=NCC)SCSCCCO. The summed E-state index contributed by atoms with van der Waals surface area (Å²) in [6.07, 6.45) is 0.810. The molecule has 0 unspecified atom stereocenters. The highest BCUT2D eigenvalue weighted by atomic mass is 32.2. The zero-order chi connectivity index (χ0) is 11.5. The molecule has 0 fully saturated rings. The molecular formula is C10H16N2OS2. The normalized spacial score (nSPS) is 11.1. The maximum atomic E-state index is 8.69. The number of aliphatic hydroxyl groups excluding tert-OH is 1. The molecule has 0 aromatic rings. The van der Waals surface area contributed by atoms with Gasteiger partial charge in [0, 0.05) is 18.2 Å². The average molecular weight is 244 g/mol. The molecule has 0 saturated carbocycles. The van der Waals surface area contributed by atoms with E-state index in [1.54, 1.807) is 11.8 Å². The molecule has 0 spiro atoms. The number of aliphatic hydroxyl groups is 1. The van der Waals surface area contributed by atoms with Crippen LogP contribution in [0.15, 0.2) is 17.1 Å². The number of aliphatic imine (C=N–C) groups is 1. The highest BCUT2D eigenvalue weighted by Crippen LogP contribution is 2.18. The van der Waals surface area contributed by atoms with Crippen LogP contribution in [0.2, 0.25) is 0 Å². The van der Waals surface area contributed by atoms with Crippen LogP contribution in [0.3, 0.4) is 0 Å². The molecule has 0 aliphatic rings. The van der Waals surface area contributed by atoms with E-state index in [1.165, 1.54) is 11.8 Å². The average Bonchev–Trinajstić information content (AvgIpc) is 2.26. The Balaban J connectivity index is 3.84. The molecule has 0 aliphatic heterocycles. The fraction of sp³-hybridized carbons (Fsp3) is 0.600. The van der Waals surface area contributed by atoms with Crippen LogP contribution in [0.1, 0.15) is 13.3 Å². The predicted octanol–water partition coefficient (Wildman–Crippen LogP) is 2.29. The molecule has 0 rings (SSSR count). The molecule has 0 atom stereocenters. The molecule has 0 saturated heterocycles. The molecule has 0 aromatic carbocycles. The van der Waals surface area contributed by atoms with Crippen molar-refractivity contribution in [1.82, 2.24) is 0 Å². The minimum atomic E-state index is 0.235. The lowest BCUT2D eigenvalue weighted by Crippen LogP contribution is -1.97. The lowest BCUT2D eigenvalue weighted by atomic mass is 10.4. The monoisotopic (exact) mass is 244 g/mol. The summed E-state index contributed by atoms with van der Waals surface area (Å²) in [5, 5.41) is 18.9. The predicted molar refractivity (Wildman–Crippen MR) is 69.3 cm³/mol. The molecular weight excluding hydrogens is 228 g/mol. The second-order valence-electron chi connectivity index (χ2n) is 2.62. The van der Waals surface area contributed by atoms with Gasteiger partial charge in [-0.25, -0.2) is 0 Å². The highest BCUT2D eigenvalue weighted by Gasteiger charge is 2.03. The van der Waals surface area contributed by atoms with E-state index in [1.807, 2.05) is 13.0 Å². The van der Waals surface area contributed by atoms with E-state index in [2.05, 4.69) is 11.6 Å². The Hall–Kier alpha value is -0.440. The summed E-state index contributed by atoms with van der Waals surface area (Å²) in [6, 6.07) is 2.01. The Kier molecular flexibility index (Phi) is 9.79. The number of rotatable bonds is 7. The number of nitriles is 1. The van der Waals surface area contributed by atoms with Gasteiger partial charge in [-0.05, 0) is 19.1 Å². The zero-order valence-corrected chi connectivity index (χ0v) is 10.5. The quantitative estimate of drug-likeness (QED) is 0.245. The number of nitrogens with zero attached hydrogens (tertiary/aromatic N) is 2. The van der Waals surface area contributed by atoms with Crippen molar-refractivity contribution in [3.63, 3.8) is 0 Å². The van der Waals surface area contributed by atoms with Crippen LogP contribution in [-0.4, -0.2) is 34.1 Å². The van der Waals surface area contributed by atoms with Crippen molar-refractivity contribution >= 4 is 28.6 Å². The fourth-order valence-electron chi connectivity index (χ4n) is 0.743. The van der Waals surface area contributed by atoms with E-state index < -0.39 is 0 Å². The van der Waals surface area contributed by atoms with Gasteiger partial charge in [0.25, 0.3) is 0 Å². The summed E-state index contributed by atoms with van der Waals surface area (Å²) in [5.41, 5.74) is 0.435. The van der Waals surface area contributed by atoms with Crippen LogP contribution >= 0.6 is 23.5 Å². The zero-order valence-electron chi connectivity index (χ0n) is 8.90. The van der Waals surface area contributed by atoms with Crippen molar-refractivity contribution in [3.05, 3.63) is 12.2 Å². The third kappa shape index (κ3) is 7.48. The molecule has 0 aromatic heterocycles. The summed E-state index contributed by atoms with van der Waals surface area (Å²) in [4.78, 5) is 4.21. The maximum Gasteiger partial charge on any atom is 0.108 e. The smallest absolute Gasteiger partial charge is 0.108 e. The third-order valence-electron chi connectivity index (χ3n) is 1.42. The minimum Gasteiger partial charge on any atom is -0.396 e. The van der Waals surface area contributed by atoms with Crippen LogP contribution in [0, 0.1) is 11.3 Å². The van der Waals surface area contributed by atoms with Gasteiger partial charge in [0.15, 0.2) is 0 Å². The van der Waals surface area contributed by atoms with Gasteiger partial charge in [-0.1, -0.05) is 18.3 Å². The molecule has 15 heavy (non-hydrogen) atoms. The second-order valence-corrected chi connectivity index (χ2v) is 5.05. The van der Waals surface area contributed by atoms with Gasteiger partial charge in [-0.15, -0.1) is 0 Å². The van der Waals surface area contributed by atoms with Crippen molar-refractivity contribution in [1.29, 1.82) is 5.26 Å². The van der Waals surface area contributed by atoms with E-state index in [0.29, 0.717) is 12.1 Å². The maximum absolute atomic E-state index is 8.69. The Morgan fingerprint density at radius 1 is 1.60 bits per heavy atom. The van der Waals surface area contributed by atoms with Gasteiger partial charge >= 0.3 is 0 Å². The molecule has 0 heterocycles. The topological polar surface area (TPSA) is 56.4 Å². The fourth-order valence-corrected chi connectivity index (χ4v) is 2.77.